The number of hydrogen-bond acceptors (Lipinski definition) is 4. The standard InChI is InChI=1S/C22H32O4/c1-13(2)22(25)11-10-20(5)16(22)12-17(24)21(6)9-7-8-14(3)18(21)19(20)26-15(4)23/h7-9,13,16,18-19,25H,10-12H2,1-6H3/t16-,18-,19+,20+,21+,22-/m1/s1. The monoisotopic (exact) mass is 360 g/mol. The maximum atomic E-state index is 13.4. The van der Waals surface area contributed by atoms with Crippen LogP contribution in [0.15, 0.2) is 23.8 Å². The number of Topliss-reactive ketones (excluding diaryl/α,β-unsaturated/α-hetero) is 1. The fraction of sp³-hybridized carbons (Fsp3) is 0.727. The van der Waals surface area contributed by atoms with Gasteiger partial charge < -0.3 is 9.84 Å². The smallest absolute Gasteiger partial charge is 0.302 e. The van der Waals surface area contributed by atoms with Crippen LogP contribution in [-0.2, 0) is 14.3 Å². The summed E-state index contributed by atoms with van der Waals surface area (Å²) in [5.74, 6) is -0.545. The highest BCUT2D eigenvalue weighted by Crippen LogP contribution is 2.62. The van der Waals surface area contributed by atoms with E-state index in [4.69, 9.17) is 4.74 Å². The van der Waals surface area contributed by atoms with E-state index in [2.05, 4.69) is 6.92 Å². The van der Waals surface area contributed by atoms with Crippen molar-refractivity contribution in [3.05, 3.63) is 23.8 Å². The van der Waals surface area contributed by atoms with Gasteiger partial charge in [0.15, 0.2) is 0 Å². The lowest BCUT2D eigenvalue weighted by atomic mass is 9.62. The molecule has 0 amide bonds. The highest BCUT2D eigenvalue weighted by Gasteiger charge is 2.66. The minimum absolute atomic E-state index is 0.0419. The van der Waals surface area contributed by atoms with Crippen molar-refractivity contribution in [2.24, 2.45) is 28.6 Å². The molecule has 26 heavy (non-hydrogen) atoms. The molecule has 0 spiro atoms. The van der Waals surface area contributed by atoms with E-state index in [0.717, 1.165) is 12.0 Å². The van der Waals surface area contributed by atoms with Crippen LogP contribution < -0.4 is 0 Å². The number of ether oxygens (including phenoxy) is 1. The normalized spacial score (nSPS) is 45.0. The zero-order valence-electron chi connectivity index (χ0n) is 16.8. The molecule has 0 heterocycles. The molecule has 2 saturated carbocycles. The second-order valence-electron chi connectivity index (χ2n) is 9.39. The quantitative estimate of drug-likeness (QED) is 0.760. The Hall–Kier alpha value is -1.42. The fourth-order valence-electron chi connectivity index (χ4n) is 5.90. The molecular formula is C22H32O4. The van der Waals surface area contributed by atoms with E-state index >= 15 is 0 Å². The molecule has 0 saturated heterocycles. The third kappa shape index (κ3) is 2.52. The van der Waals surface area contributed by atoms with Gasteiger partial charge in [-0.1, -0.05) is 44.6 Å². The molecular weight excluding hydrogens is 328 g/mol. The summed E-state index contributed by atoms with van der Waals surface area (Å²) < 4.78 is 5.94. The fourth-order valence-corrected chi connectivity index (χ4v) is 5.90. The largest absolute Gasteiger partial charge is 0.461 e. The molecule has 144 valence electrons. The molecule has 4 nitrogen and oxygen atoms in total. The zero-order valence-corrected chi connectivity index (χ0v) is 16.8. The Morgan fingerprint density at radius 2 is 1.96 bits per heavy atom. The SMILES string of the molecule is CC(=O)O[C@H]1[C@H]2C(C)=CC=C[C@@]2(C)C(=O)C[C@@H]2[C@]1(C)CC[C@@]2(O)C(C)C. The van der Waals surface area contributed by atoms with Gasteiger partial charge in [-0.15, -0.1) is 0 Å². The Morgan fingerprint density at radius 3 is 2.54 bits per heavy atom. The number of hydrogen-bond donors (Lipinski definition) is 1. The van der Waals surface area contributed by atoms with Crippen LogP contribution in [0.4, 0.5) is 0 Å². The van der Waals surface area contributed by atoms with Crippen molar-refractivity contribution in [3.63, 3.8) is 0 Å². The maximum absolute atomic E-state index is 13.4. The summed E-state index contributed by atoms with van der Waals surface area (Å²) in [6.07, 6.45) is 7.21. The minimum atomic E-state index is -0.909. The van der Waals surface area contributed by atoms with E-state index in [0.29, 0.717) is 12.8 Å². The number of aliphatic hydroxyl groups is 1. The van der Waals surface area contributed by atoms with Crippen molar-refractivity contribution in [2.75, 3.05) is 0 Å². The van der Waals surface area contributed by atoms with E-state index in [1.165, 1.54) is 6.92 Å². The van der Waals surface area contributed by atoms with E-state index in [-0.39, 0.29) is 29.5 Å². The van der Waals surface area contributed by atoms with Crippen LogP contribution in [0, 0.1) is 28.6 Å². The predicted molar refractivity (Wildman–Crippen MR) is 100 cm³/mol. The lowest BCUT2D eigenvalue weighted by molar-refractivity contribution is -0.164. The van der Waals surface area contributed by atoms with E-state index in [9.17, 15) is 14.7 Å². The van der Waals surface area contributed by atoms with Gasteiger partial charge in [-0.05, 0) is 32.6 Å². The first-order chi connectivity index (χ1) is 12.0. The first kappa shape index (κ1) is 19.3. The Balaban J connectivity index is 2.20. The Morgan fingerprint density at radius 1 is 1.31 bits per heavy atom. The molecule has 1 N–H and O–H groups in total. The average Bonchev–Trinajstić information content (AvgIpc) is 2.76. The average molecular weight is 360 g/mol. The van der Waals surface area contributed by atoms with Gasteiger partial charge in [0.25, 0.3) is 0 Å². The van der Waals surface area contributed by atoms with Gasteiger partial charge in [0.2, 0.25) is 0 Å². The highest BCUT2D eigenvalue weighted by molar-refractivity contribution is 5.88. The van der Waals surface area contributed by atoms with Crippen molar-refractivity contribution >= 4 is 11.8 Å². The van der Waals surface area contributed by atoms with Crippen molar-refractivity contribution < 1.29 is 19.4 Å². The summed E-state index contributed by atoms with van der Waals surface area (Å²) in [4.78, 5) is 25.4. The molecule has 2 fully saturated rings. The van der Waals surface area contributed by atoms with Crippen LogP contribution in [-0.4, -0.2) is 28.6 Å². The number of rotatable bonds is 2. The molecule has 0 aliphatic heterocycles. The Bertz CT molecular complexity index is 690. The second-order valence-corrected chi connectivity index (χ2v) is 9.39. The van der Waals surface area contributed by atoms with E-state index in [1.54, 1.807) is 0 Å². The Labute approximate surface area is 156 Å². The molecule has 0 aromatic heterocycles. The zero-order chi connectivity index (χ0) is 19.5. The van der Waals surface area contributed by atoms with Crippen LogP contribution >= 0.6 is 0 Å². The molecule has 6 atom stereocenters. The maximum Gasteiger partial charge on any atom is 0.302 e. The third-order valence-electron chi connectivity index (χ3n) is 7.64. The van der Waals surface area contributed by atoms with Gasteiger partial charge in [0, 0.05) is 30.6 Å². The van der Waals surface area contributed by atoms with Gasteiger partial charge in [0.05, 0.1) is 11.0 Å². The minimum Gasteiger partial charge on any atom is -0.461 e. The Kier molecular flexibility index (Phi) is 4.50. The molecule has 0 unspecified atom stereocenters. The van der Waals surface area contributed by atoms with Crippen LogP contribution in [0.2, 0.25) is 0 Å². The van der Waals surface area contributed by atoms with Crippen LogP contribution in [0.3, 0.4) is 0 Å². The van der Waals surface area contributed by atoms with Gasteiger partial charge in [-0.2, -0.15) is 0 Å². The summed E-state index contributed by atoms with van der Waals surface area (Å²) in [6, 6.07) is 0. The summed E-state index contributed by atoms with van der Waals surface area (Å²) in [6.45, 7) is 11.6. The predicted octanol–water partition coefficient (Wildman–Crippen LogP) is 3.83. The molecule has 0 aromatic rings. The molecule has 4 heteroatoms. The number of fused-ring (bicyclic) bond motifs is 2. The highest BCUT2D eigenvalue weighted by atomic mass is 16.5. The van der Waals surface area contributed by atoms with Crippen LogP contribution in [0.5, 0.6) is 0 Å². The summed E-state index contributed by atoms with van der Waals surface area (Å²) in [5.41, 5.74) is -0.974. The number of esters is 1. The first-order valence-electron chi connectivity index (χ1n) is 9.75. The number of allylic oxidation sites excluding steroid dienone is 3. The van der Waals surface area contributed by atoms with Gasteiger partial charge in [0.1, 0.15) is 11.9 Å². The topological polar surface area (TPSA) is 63.6 Å². The van der Waals surface area contributed by atoms with E-state index < -0.39 is 22.5 Å². The van der Waals surface area contributed by atoms with Gasteiger partial charge in [-0.25, -0.2) is 0 Å². The second kappa shape index (κ2) is 6.05. The lowest BCUT2D eigenvalue weighted by Crippen LogP contribution is -2.50. The van der Waals surface area contributed by atoms with Crippen LogP contribution in [0.1, 0.15) is 60.8 Å². The lowest BCUT2D eigenvalue weighted by Gasteiger charge is -2.46. The van der Waals surface area contributed by atoms with Gasteiger partial charge in [-0.3, -0.25) is 9.59 Å². The molecule has 0 aromatic carbocycles. The van der Waals surface area contributed by atoms with Crippen molar-refractivity contribution in [1.29, 1.82) is 0 Å². The molecule has 3 aliphatic carbocycles. The van der Waals surface area contributed by atoms with Crippen LogP contribution in [0.25, 0.3) is 0 Å². The van der Waals surface area contributed by atoms with E-state index in [1.807, 2.05) is 45.9 Å². The van der Waals surface area contributed by atoms with Crippen molar-refractivity contribution in [3.8, 4) is 0 Å². The first-order valence-corrected chi connectivity index (χ1v) is 9.75. The van der Waals surface area contributed by atoms with Crippen molar-refractivity contribution in [2.45, 2.75) is 72.5 Å². The third-order valence-corrected chi connectivity index (χ3v) is 7.64. The number of carbonyl (C=O) groups excluding carboxylic acids is 2. The summed E-state index contributed by atoms with van der Waals surface area (Å²) >= 11 is 0. The number of ketones is 1. The van der Waals surface area contributed by atoms with Gasteiger partial charge >= 0.3 is 5.97 Å². The summed E-state index contributed by atoms with van der Waals surface area (Å²) in [5, 5.41) is 11.5. The molecule has 0 radical (unpaired) electrons. The number of carbonyl (C=O) groups is 2. The molecule has 3 rings (SSSR count). The molecule has 3 aliphatic rings. The van der Waals surface area contributed by atoms with Crippen molar-refractivity contribution in [1.82, 2.24) is 0 Å². The molecule has 0 bridgehead atoms. The summed E-state index contributed by atoms with van der Waals surface area (Å²) in [7, 11) is 0.